The van der Waals surface area contributed by atoms with Crippen LogP contribution in [-0.4, -0.2) is 20.9 Å². The fourth-order valence-electron chi connectivity index (χ4n) is 3.79. The fourth-order valence-corrected chi connectivity index (χ4v) is 5.71. The Balaban J connectivity index is 2.01. The van der Waals surface area contributed by atoms with Crippen molar-refractivity contribution in [1.82, 2.24) is 0 Å². The molecule has 0 spiro atoms. The van der Waals surface area contributed by atoms with Gasteiger partial charge in [-0.2, -0.15) is 0 Å². The standard InChI is InChI=1S/C24H21ClN2O3S/c1-3-27-21-13-12-18(25)15-20(21)22(17-9-5-4-6-10-17)23(31(27,29)30)24(28)26-19-11-7-8-16(2)14-19/h4-15H,3H2,1-2H3,(H,26,28). The van der Waals surface area contributed by atoms with Gasteiger partial charge in [0.05, 0.1) is 5.69 Å². The van der Waals surface area contributed by atoms with E-state index < -0.39 is 15.9 Å². The normalized spacial score (nSPS) is 14.9. The Morgan fingerprint density at radius 3 is 2.42 bits per heavy atom. The molecule has 1 aliphatic rings. The van der Waals surface area contributed by atoms with Gasteiger partial charge in [-0.25, -0.2) is 8.42 Å². The smallest absolute Gasteiger partial charge is 0.270 e. The summed E-state index contributed by atoms with van der Waals surface area (Å²) < 4.78 is 28.5. The van der Waals surface area contributed by atoms with Crippen molar-refractivity contribution in [2.24, 2.45) is 0 Å². The first kappa shape index (κ1) is 21.2. The SMILES string of the molecule is CCN1c2ccc(Cl)cc2C(c2ccccc2)=C(C(=O)Nc2cccc(C)c2)S1(=O)=O. The molecule has 7 heteroatoms. The third-order valence-corrected chi connectivity index (χ3v) is 7.28. The molecule has 0 atom stereocenters. The second-order valence-corrected chi connectivity index (χ2v) is 9.46. The number of sulfonamides is 1. The number of halogens is 1. The van der Waals surface area contributed by atoms with Crippen LogP contribution in [0.5, 0.6) is 0 Å². The van der Waals surface area contributed by atoms with Crippen molar-refractivity contribution in [2.75, 3.05) is 16.2 Å². The van der Waals surface area contributed by atoms with Gasteiger partial charge in [-0.15, -0.1) is 0 Å². The molecule has 1 amide bonds. The van der Waals surface area contributed by atoms with E-state index in [4.69, 9.17) is 11.6 Å². The fraction of sp³-hybridized carbons (Fsp3) is 0.125. The van der Waals surface area contributed by atoms with Gasteiger partial charge in [-0.3, -0.25) is 9.10 Å². The lowest BCUT2D eigenvalue weighted by Crippen LogP contribution is -2.39. The highest BCUT2D eigenvalue weighted by molar-refractivity contribution is 7.97. The number of amides is 1. The van der Waals surface area contributed by atoms with Crippen LogP contribution in [0, 0.1) is 6.92 Å². The van der Waals surface area contributed by atoms with Gasteiger partial charge in [0.25, 0.3) is 15.9 Å². The van der Waals surface area contributed by atoms with E-state index in [9.17, 15) is 13.2 Å². The first-order chi connectivity index (χ1) is 14.8. The van der Waals surface area contributed by atoms with Crippen LogP contribution in [0.3, 0.4) is 0 Å². The van der Waals surface area contributed by atoms with Crippen LogP contribution >= 0.6 is 11.6 Å². The molecule has 4 rings (SSSR count). The average molecular weight is 453 g/mol. The monoisotopic (exact) mass is 452 g/mol. The Morgan fingerprint density at radius 1 is 1.00 bits per heavy atom. The van der Waals surface area contributed by atoms with Crippen LogP contribution < -0.4 is 9.62 Å². The molecule has 1 heterocycles. The summed E-state index contributed by atoms with van der Waals surface area (Å²) in [6.07, 6.45) is 0. The van der Waals surface area contributed by atoms with E-state index in [0.29, 0.717) is 33.1 Å². The minimum absolute atomic E-state index is 0.181. The largest absolute Gasteiger partial charge is 0.321 e. The van der Waals surface area contributed by atoms with Crippen LogP contribution in [0.1, 0.15) is 23.6 Å². The van der Waals surface area contributed by atoms with Gasteiger partial charge in [-0.05, 0) is 55.3 Å². The van der Waals surface area contributed by atoms with Crippen molar-refractivity contribution in [1.29, 1.82) is 0 Å². The van der Waals surface area contributed by atoms with E-state index in [-0.39, 0.29) is 11.4 Å². The van der Waals surface area contributed by atoms with Crippen molar-refractivity contribution in [2.45, 2.75) is 13.8 Å². The molecule has 1 N–H and O–H groups in total. The Hall–Kier alpha value is -3.09. The summed E-state index contributed by atoms with van der Waals surface area (Å²) in [4.78, 5) is 13.1. The van der Waals surface area contributed by atoms with Crippen LogP contribution in [-0.2, 0) is 14.8 Å². The predicted molar refractivity (Wildman–Crippen MR) is 126 cm³/mol. The second kappa shape index (κ2) is 8.21. The molecular weight excluding hydrogens is 432 g/mol. The molecule has 0 aliphatic carbocycles. The molecule has 3 aromatic rings. The van der Waals surface area contributed by atoms with Crippen LogP contribution in [0.2, 0.25) is 5.02 Å². The third-order valence-electron chi connectivity index (χ3n) is 5.10. The van der Waals surface area contributed by atoms with E-state index in [2.05, 4.69) is 5.32 Å². The Morgan fingerprint density at radius 2 is 1.74 bits per heavy atom. The van der Waals surface area contributed by atoms with Gasteiger partial charge >= 0.3 is 0 Å². The highest BCUT2D eigenvalue weighted by atomic mass is 35.5. The Labute approximate surface area is 187 Å². The third kappa shape index (κ3) is 3.84. The molecule has 31 heavy (non-hydrogen) atoms. The van der Waals surface area contributed by atoms with Gasteiger partial charge < -0.3 is 5.32 Å². The highest BCUT2D eigenvalue weighted by Gasteiger charge is 2.40. The first-order valence-corrected chi connectivity index (χ1v) is 11.6. The van der Waals surface area contributed by atoms with Crippen molar-refractivity contribution in [3.63, 3.8) is 0 Å². The summed E-state index contributed by atoms with van der Waals surface area (Å²) in [7, 11) is -4.11. The van der Waals surface area contributed by atoms with E-state index >= 15 is 0 Å². The van der Waals surface area contributed by atoms with Crippen molar-refractivity contribution in [3.05, 3.63) is 99.4 Å². The maximum atomic E-state index is 13.6. The molecule has 0 aromatic heterocycles. The van der Waals surface area contributed by atoms with Crippen molar-refractivity contribution >= 4 is 44.5 Å². The number of hydrogen-bond donors (Lipinski definition) is 1. The molecule has 0 radical (unpaired) electrons. The lowest BCUT2D eigenvalue weighted by atomic mass is 9.95. The molecule has 0 saturated carbocycles. The van der Waals surface area contributed by atoms with Crippen LogP contribution in [0.15, 0.2) is 77.7 Å². The lowest BCUT2D eigenvalue weighted by Gasteiger charge is -2.33. The average Bonchev–Trinajstić information content (AvgIpc) is 2.73. The molecule has 0 bridgehead atoms. The minimum atomic E-state index is -4.11. The molecule has 3 aromatic carbocycles. The van der Waals surface area contributed by atoms with E-state index in [1.165, 1.54) is 4.31 Å². The highest BCUT2D eigenvalue weighted by Crippen LogP contribution is 2.43. The number of rotatable bonds is 4. The number of aryl methyl sites for hydroxylation is 1. The maximum absolute atomic E-state index is 13.6. The Bertz CT molecular complexity index is 1300. The predicted octanol–water partition coefficient (Wildman–Crippen LogP) is 5.22. The Kier molecular flexibility index (Phi) is 5.60. The molecule has 0 fully saturated rings. The number of benzene rings is 3. The topological polar surface area (TPSA) is 66.5 Å². The molecule has 1 aliphatic heterocycles. The molecular formula is C24H21ClN2O3S. The van der Waals surface area contributed by atoms with E-state index in [1.807, 2.05) is 19.1 Å². The number of hydrogen-bond acceptors (Lipinski definition) is 3. The van der Waals surface area contributed by atoms with Crippen LogP contribution in [0.4, 0.5) is 11.4 Å². The first-order valence-electron chi connectivity index (χ1n) is 9.83. The summed E-state index contributed by atoms with van der Waals surface area (Å²) in [5.41, 5.74) is 3.55. The number of nitrogens with zero attached hydrogens (tertiary/aromatic N) is 1. The van der Waals surface area contributed by atoms with Gasteiger partial charge in [0.2, 0.25) is 0 Å². The quantitative estimate of drug-likeness (QED) is 0.590. The van der Waals surface area contributed by atoms with Crippen LogP contribution in [0.25, 0.3) is 5.57 Å². The van der Waals surface area contributed by atoms with Gasteiger partial charge in [0.15, 0.2) is 4.91 Å². The number of fused-ring (bicyclic) bond motifs is 1. The second-order valence-electron chi connectivity index (χ2n) is 7.23. The number of carbonyl (C=O) groups is 1. The molecule has 158 valence electrons. The summed E-state index contributed by atoms with van der Waals surface area (Å²) in [6.45, 7) is 3.82. The summed E-state index contributed by atoms with van der Waals surface area (Å²) >= 11 is 6.27. The number of nitrogens with one attached hydrogen (secondary N) is 1. The molecule has 0 saturated heterocycles. The summed E-state index contributed by atoms with van der Waals surface area (Å²) in [5.74, 6) is -0.687. The molecule has 5 nitrogen and oxygen atoms in total. The summed E-state index contributed by atoms with van der Waals surface area (Å²) in [5, 5.41) is 3.22. The number of carbonyl (C=O) groups excluding carboxylic acids is 1. The zero-order valence-corrected chi connectivity index (χ0v) is 18.7. The van der Waals surface area contributed by atoms with Gasteiger partial charge in [0.1, 0.15) is 0 Å². The number of anilines is 2. The van der Waals surface area contributed by atoms with Gasteiger partial charge in [-0.1, -0.05) is 54.1 Å². The van der Waals surface area contributed by atoms with Gasteiger partial charge in [0, 0.05) is 28.4 Å². The maximum Gasteiger partial charge on any atom is 0.270 e. The van der Waals surface area contributed by atoms with E-state index in [1.54, 1.807) is 67.6 Å². The van der Waals surface area contributed by atoms with Crippen molar-refractivity contribution in [3.8, 4) is 0 Å². The minimum Gasteiger partial charge on any atom is -0.321 e. The lowest BCUT2D eigenvalue weighted by molar-refractivity contribution is -0.112. The summed E-state index contributed by atoms with van der Waals surface area (Å²) in [6, 6.07) is 21.3. The van der Waals surface area contributed by atoms with Crippen molar-refractivity contribution < 1.29 is 13.2 Å². The molecule has 0 unspecified atom stereocenters. The zero-order chi connectivity index (χ0) is 22.2. The van der Waals surface area contributed by atoms with E-state index in [0.717, 1.165) is 5.56 Å². The zero-order valence-electron chi connectivity index (χ0n) is 17.1.